The van der Waals surface area contributed by atoms with Crippen molar-refractivity contribution in [2.75, 3.05) is 38.8 Å². The van der Waals surface area contributed by atoms with Crippen LogP contribution in [0.5, 0.6) is 0 Å². The van der Waals surface area contributed by atoms with Gasteiger partial charge in [-0.1, -0.05) is 6.92 Å². The summed E-state index contributed by atoms with van der Waals surface area (Å²) in [6.45, 7) is 3.19. The van der Waals surface area contributed by atoms with Crippen LogP contribution < -0.4 is 4.90 Å². The van der Waals surface area contributed by atoms with Crippen molar-refractivity contribution in [1.82, 2.24) is 4.90 Å². The lowest BCUT2D eigenvalue weighted by atomic mass is 10.1. The van der Waals surface area contributed by atoms with Crippen molar-refractivity contribution in [3.63, 3.8) is 0 Å². The van der Waals surface area contributed by atoms with E-state index in [1.54, 1.807) is 21.9 Å². The van der Waals surface area contributed by atoms with Crippen molar-refractivity contribution in [3.05, 3.63) is 53.2 Å². The van der Waals surface area contributed by atoms with E-state index in [4.69, 9.17) is 9.15 Å². The van der Waals surface area contributed by atoms with Gasteiger partial charge in [-0.3, -0.25) is 4.79 Å². The van der Waals surface area contributed by atoms with E-state index in [-0.39, 0.29) is 17.5 Å². The molecule has 3 rings (SSSR count). The van der Waals surface area contributed by atoms with Crippen LogP contribution in [0.2, 0.25) is 0 Å². The molecule has 0 bridgehead atoms. The summed E-state index contributed by atoms with van der Waals surface area (Å²) in [4.78, 5) is 16.4. The quantitative estimate of drug-likeness (QED) is 0.852. The van der Waals surface area contributed by atoms with Gasteiger partial charge < -0.3 is 19.0 Å². The van der Waals surface area contributed by atoms with E-state index < -0.39 is 5.82 Å². The van der Waals surface area contributed by atoms with Gasteiger partial charge in [-0.2, -0.15) is 0 Å². The molecule has 134 valence electrons. The fourth-order valence-corrected chi connectivity index (χ4v) is 2.96. The Kier molecular flexibility index (Phi) is 5.08. The second-order valence-corrected chi connectivity index (χ2v) is 6.31. The highest BCUT2D eigenvalue weighted by Gasteiger charge is 2.32. The molecule has 1 atom stereocenters. The molecule has 25 heavy (non-hydrogen) atoms. The number of halogens is 1. The molecule has 0 N–H and O–H groups in total. The molecule has 1 aromatic heterocycles. The maximum Gasteiger partial charge on any atom is 0.257 e. The number of morpholine rings is 1. The number of aryl methyl sites for hydroxylation is 1. The SMILES string of the molecule is CCc1ccc(C2COCCN2C(=O)c2ccc(N(C)C)cc2F)o1. The van der Waals surface area contributed by atoms with E-state index in [2.05, 4.69) is 0 Å². The lowest BCUT2D eigenvalue weighted by Crippen LogP contribution is -2.43. The summed E-state index contributed by atoms with van der Waals surface area (Å²) < 4.78 is 25.8. The molecule has 0 radical (unpaired) electrons. The number of furan rings is 1. The molecule has 1 aromatic carbocycles. The molecule has 2 heterocycles. The van der Waals surface area contributed by atoms with E-state index in [1.807, 2.05) is 33.2 Å². The predicted molar refractivity (Wildman–Crippen MR) is 93.4 cm³/mol. The molecular formula is C19H23FN2O3. The molecule has 0 aliphatic carbocycles. The fourth-order valence-electron chi connectivity index (χ4n) is 2.96. The maximum atomic E-state index is 14.5. The van der Waals surface area contributed by atoms with Gasteiger partial charge in [0.25, 0.3) is 5.91 Å². The van der Waals surface area contributed by atoms with Gasteiger partial charge in [0.05, 0.1) is 18.8 Å². The van der Waals surface area contributed by atoms with Gasteiger partial charge >= 0.3 is 0 Å². The standard InChI is InChI=1S/C19H23FN2O3/c1-4-14-6-8-18(25-14)17-12-24-10-9-22(17)19(23)15-7-5-13(21(2)3)11-16(15)20/h5-8,11,17H,4,9-10,12H2,1-3H3. The Bertz CT molecular complexity index is 757. The molecule has 1 aliphatic rings. The summed E-state index contributed by atoms with van der Waals surface area (Å²) in [5, 5.41) is 0. The first-order valence-corrected chi connectivity index (χ1v) is 8.45. The number of nitrogens with zero attached hydrogens (tertiary/aromatic N) is 2. The highest BCUT2D eigenvalue weighted by molar-refractivity contribution is 5.95. The predicted octanol–water partition coefficient (Wildman–Crippen LogP) is 3.26. The minimum atomic E-state index is -0.518. The summed E-state index contributed by atoms with van der Waals surface area (Å²) in [6, 6.07) is 8.09. The number of amides is 1. The summed E-state index contributed by atoms with van der Waals surface area (Å²) in [6.07, 6.45) is 0.780. The number of benzene rings is 1. The molecule has 0 saturated carbocycles. The van der Waals surface area contributed by atoms with Crippen molar-refractivity contribution in [2.45, 2.75) is 19.4 Å². The third kappa shape index (κ3) is 3.54. The molecule has 1 aliphatic heterocycles. The van der Waals surface area contributed by atoms with E-state index >= 15 is 0 Å². The Morgan fingerprint density at radius 2 is 2.12 bits per heavy atom. The van der Waals surface area contributed by atoms with Crippen LogP contribution in [0.3, 0.4) is 0 Å². The van der Waals surface area contributed by atoms with Crippen LogP contribution in [-0.2, 0) is 11.2 Å². The average molecular weight is 346 g/mol. The normalized spacial score (nSPS) is 17.6. The minimum absolute atomic E-state index is 0.0692. The van der Waals surface area contributed by atoms with Crippen molar-refractivity contribution in [3.8, 4) is 0 Å². The third-order valence-corrected chi connectivity index (χ3v) is 4.45. The molecule has 6 heteroatoms. The van der Waals surface area contributed by atoms with Gasteiger partial charge in [-0.15, -0.1) is 0 Å². The van der Waals surface area contributed by atoms with Crippen LogP contribution in [0.4, 0.5) is 10.1 Å². The van der Waals surface area contributed by atoms with Gasteiger partial charge in [-0.05, 0) is 30.3 Å². The second-order valence-electron chi connectivity index (χ2n) is 6.31. The summed E-state index contributed by atoms with van der Waals surface area (Å²) >= 11 is 0. The number of carbonyl (C=O) groups is 1. The fraction of sp³-hybridized carbons (Fsp3) is 0.421. The van der Waals surface area contributed by atoms with Crippen LogP contribution in [0, 0.1) is 5.82 Å². The zero-order valence-corrected chi connectivity index (χ0v) is 14.8. The second kappa shape index (κ2) is 7.27. The lowest BCUT2D eigenvalue weighted by molar-refractivity contribution is -0.00923. The number of rotatable bonds is 4. The molecular weight excluding hydrogens is 323 g/mol. The first-order chi connectivity index (χ1) is 12.0. The van der Waals surface area contributed by atoms with Crippen LogP contribution >= 0.6 is 0 Å². The summed E-state index contributed by atoms with van der Waals surface area (Å²) in [5.74, 6) is 0.672. The number of hydrogen-bond acceptors (Lipinski definition) is 4. The highest BCUT2D eigenvalue weighted by atomic mass is 19.1. The molecule has 1 saturated heterocycles. The molecule has 1 amide bonds. The van der Waals surface area contributed by atoms with Crippen molar-refractivity contribution >= 4 is 11.6 Å². The highest BCUT2D eigenvalue weighted by Crippen LogP contribution is 2.29. The maximum absolute atomic E-state index is 14.5. The Hall–Kier alpha value is -2.34. The summed E-state index contributed by atoms with van der Waals surface area (Å²) in [7, 11) is 3.66. The Balaban J connectivity index is 1.88. The van der Waals surface area contributed by atoms with Gasteiger partial charge in [0.15, 0.2) is 0 Å². The summed E-state index contributed by atoms with van der Waals surface area (Å²) in [5.41, 5.74) is 0.783. The van der Waals surface area contributed by atoms with E-state index in [9.17, 15) is 9.18 Å². The van der Waals surface area contributed by atoms with Crippen LogP contribution in [-0.4, -0.2) is 44.7 Å². The average Bonchev–Trinajstić information content (AvgIpc) is 3.10. The molecule has 1 fully saturated rings. The Morgan fingerprint density at radius 1 is 1.32 bits per heavy atom. The molecule has 5 nitrogen and oxygen atoms in total. The number of ether oxygens (including phenoxy) is 1. The first-order valence-electron chi connectivity index (χ1n) is 8.45. The van der Waals surface area contributed by atoms with Crippen molar-refractivity contribution < 1.29 is 18.3 Å². The largest absolute Gasteiger partial charge is 0.464 e. The minimum Gasteiger partial charge on any atom is -0.464 e. The molecule has 2 aromatic rings. The Morgan fingerprint density at radius 3 is 2.76 bits per heavy atom. The first kappa shape index (κ1) is 17.5. The van der Waals surface area contributed by atoms with Crippen molar-refractivity contribution in [1.29, 1.82) is 0 Å². The van der Waals surface area contributed by atoms with E-state index in [1.165, 1.54) is 6.07 Å². The number of anilines is 1. The van der Waals surface area contributed by atoms with Crippen molar-refractivity contribution in [2.24, 2.45) is 0 Å². The molecule has 0 spiro atoms. The third-order valence-electron chi connectivity index (χ3n) is 4.45. The zero-order valence-electron chi connectivity index (χ0n) is 14.8. The van der Waals surface area contributed by atoms with Crippen LogP contribution in [0.25, 0.3) is 0 Å². The smallest absolute Gasteiger partial charge is 0.257 e. The number of hydrogen-bond donors (Lipinski definition) is 0. The Labute approximate surface area is 147 Å². The molecule has 1 unspecified atom stereocenters. The van der Waals surface area contributed by atoms with Gasteiger partial charge in [0.1, 0.15) is 23.4 Å². The number of carbonyl (C=O) groups excluding carboxylic acids is 1. The van der Waals surface area contributed by atoms with E-state index in [0.29, 0.717) is 31.2 Å². The van der Waals surface area contributed by atoms with Gasteiger partial charge in [0.2, 0.25) is 0 Å². The lowest BCUT2D eigenvalue weighted by Gasteiger charge is -2.34. The van der Waals surface area contributed by atoms with Gasteiger partial charge in [-0.25, -0.2) is 4.39 Å². The topological polar surface area (TPSA) is 45.9 Å². The van der Waals surface area contributed by atoms with Crippen LogP contribution in [0.1, 0.15) is 34.8 Å². The van der Waals surface area contributed by atoms with E-state index in [0.717, 1.165) is 12.2 Å². The zero-order chi connectivity index (χ0) is 18.0. The monoisotopic (exact) mass is 346 g/mol. The van der Waals surface area contributed by atoms with Gasteiger partial charge in [0, 0.05) is 32.7 Å². The van der Waals surface area contributed by atoms with Crippen LogP contribution in [0.15, 0.2) is 34.7 Å².